The van der Waals surface area contributed by atoms with Gasteiger partial charge in [0.1, 0.15) is 0 Å². The minimum Gasteiger partial charge on any atom is -0.360 e. The number of aryl methyl sites for hydroxylation is 1. The third-order valence-corrected chi connectivity index (χ3v) is 2.52. The molecule has 0 amide bonds. The van der Waals surface area contributed by atoms with Crippen LogP contribution < -0.4 is 5.32 Å². The first kappa shape index (κ1) is 12.1. The smallest absolute Gasteiger partial charge is 0.360 e. The van der Waals surface area contributed by atoms with Crippen molar-refractivity contribution in [2.45, 2.75) is 19.5 Å². The predicted octanol–water partition coefficient (Wildman–Crippen LogP) is 1.03. The second kappa shape index (κ2) is 4.86. The predicted molar refractivity (Wildman–Crippen MR) is 65.2 cm³/mol. The van der Waals surface area contributed by atoms with E-state index in [9.17, 15) is 10.1 Å². The first-order valence-corrected chi connectivity index (χ1v) is 5.46. The second-order valence-electron chi connectivity index (χ2n) is 4.09. The summed E-state index contributed by atoms with van der Waals surface area (Å²) < 4.78 is 3.50. The third kappa shape index (κ3) is 2.47. The molecule has 0 radical (unpaired) electrons. The third-order valence-electron chi connectivity index (χ3n) is 2.52. The monoisotopic (exact) mass is 250 g/mol. The van der Waals surface area contributed by atoms with Gasteiger partial charge in [-0.05, 0) is 16.8 Å². The molecule has 2 heterocycles. The summed E-state index contributed by atoms with van der Waals surface area (Å²) in [4.78, 5) is 18.0. The maximum atomic E-state index is 10.8. The minimum absolute atomic E-state index is 0.0216. The molecule has 1 N–H and O–H groups in total. The molecule has 18 heavy (non-hydrogen) atoms. The molecule has 0 aromatic carbocycles. The molecule has 0 fully saturated rings. The summed E-state index contributed by atoms with van der Waals surface area (Å²) in [6.45, 7) is 2.61. The zero-order valence-corrected chi connectivity index (χ0v) is 10.1. The lowest BCUT2D eigenvalue weighted by Gasteiger charge is -2.15. The van der Waals surface area contributed by atoms with E-state index in [0.29, 0.717) is 12.4 Å². The number of nitro groups is 1. The molecule has 1 atom stereocenters. The maximum Gasteiger partial charge on any atom is 0.406 e. The molecule has 0 saturated heterocycles. The summed E-state index contributed by atoms with van der Waals surface area (Å²) in [6.07, 6.45) is 6.66. The summed E-state index contributed by atoms with van der Waals surface area (Å²) in [7, 11) is 1.71. The number of imidazole rings is 2. The molecule has 2 aromatic rings. The van der Waals surface area contributed by atoms with E-state index in [-0.39, 0.29) is 11.9 Å². The van der Waals surface area contributed by atoms with Gasteiger partial charge in [-0.2, -0.15) is 0 Å². The molecular formula is C10H14N6O2. The van der Waals surface area contributed by atoms with Crippen molar-refractivity contribution in [1.82, 2.24) is 19.1 Å². The topological polar surface area (TPSA) is 90.8 Å². The van der Waals surface area contributed by atoms with Crippen molar-refractivity contribution in [3.8, 4) is 0 Å². The Morgan fingerprint density at radius 2 is 2.33 bits per heavy atom. The van der Waals surface area contributed by atoms with Crippen molar-refractivity contribution in [1.29, 1.82) is 0 Å². The van der Waals surface area contributed by atoms with E-state index in [2.05, 4.69) is 15.3 Å². The average molecular weight is 250 g/mol. The highest BCUT2D eigenvalue weighted by molar-refractivity contribution is 5.52. The zero-order valence-electron chi connectivity index (χ0n) is 10.1. The Hall–Kier alpha value is -2.38. The maximum absolute atomic E-state index is 10.8. The lowest BCUT2D eigenvalue weighted by atomic mass is 10.3. The summed E-state index contributed by atoms with van der Waals surface area (Å²) in [5.41, 5.74) is 0. The molecule has 0 aliphatic carbocycles. The number of nitrogens with one attached hydrogen (secondary N) is 1. The molecule has 0 bridgehead atoms. The van der Waals surface area contributed by atoms with Crippen LogP contribution in [-0.4, -0.2) is 30.1 Å². The quantitative estimate of drug-likeness (QED) is 0.632. The van der Waals surface area contributed by atoms with E-state index >= 15 is 0 Å². The molecule has 96 valence electrons. The summed E-state index contributed by atoms with van der Waals surface area (Å²) in [5, 5.41) is 13.9. The van der Waals surface area contributed by atoms with Gasteiger partial charge in [-0.3, -0.25) is 4.57 Å². The Labute approximate surface area is 103 Å². The van der Waals surface area contributed by atoms with Crippen LogP contribution in [0, 0.1) is 10.1 Å². The first-order chi connectivity index (χ1) is 8.58. The Bertz CT molecular complexity index is 533. The Morgan fingerprint density at radius 3 is 2.94 bits per heavy atom. The highest BCUT2D eigenvalue weighted by atomic mass is 16.6. The SMILES string of the molecule is CC(Cn1ccnc1)Nc1c([N+](=O)[O-])ncn1C. The van der Waals surface area contributed by atoms with Gasteiger partial charge in [-0.15, -0.1) is 0 Å². The van der Waals surface area contributed by atoms with Crippen LogP contribution >= 0.6 is 0 Å². The molecular weight excluding hydrogens is 236 g/mol. The summed E-state index contributed by atoms with van der Waals surface area (Å²) in [6, 6.07) is 0.0216. The van der Waals surface area contributed by atoms with Crippen molar-refractivity contribution in [2.24, 2.45) is 7.05 Å². The van der Waals surface area contributed by atoms with Gasteiger partial charge in [0.25, 0.3) is 0 Å². The zero-order chi connectivity index (χ0) is 13.1. The van der Waals surface area contributed by atoms with Gasteiger partial charge in [-0.1, -0.05) is 0 Å². The standard InChI is InChI=1S/C10H14N6O2/c1-8(5-15-4-3-11-6-15)13-10-9(16(17)18)12-7-14(10)2/h3-4,6-8,13H,5H2,1-2H3. The van der Waals surface area contributed by atoms with Crippen molar-refractivity contribution < 1.29 is 4.92 Å². The number of anilines is 1. The van der Waals surface area contributed by atoms with E-state index in [0.717, 1.165) is 0 Å². The fourth-order valence-corrected chi connectivity index (χ4v) is 1.71. The van der Waals surface area contributed by atoms with Gasteiger partial charge in [0, 0.05) is 32.0 Å². The lowest BCUT2D eigenvalue weighted by Crippen LogP contribution is -2.23. The lowest BCUT2D eigenvalue weighted by molar-refractivity contribution is -0.388. The van der Waals surface area contributed by atoms with Crippen LogP contribution in [0.5, 0.6) is 0 Å². The Kier molecular flexibility index (Phi) is 3.26. The van der Waals surface area contributed by atoms with Crippen LogP contribution in [0.25, 0.3) is 0 Å². The summed E-state index contributed by atoms with van der Waals surface area (Å²) in [5.74, 6) is 0.252. The number of nitrogens with zero attached hydrogens (tertiary/aromatic N) is 5. The molecule has 2 aromatic heterocycles. The highest BCUT2D eigenvalue weighted by Gasteiger charge is 2.21. The normalized spacial score (nSPS) is 12.3. The van der Waals surface area contributed by atoms with E-state index < -0.39 is 4.92 Å². The van der Waals surface area contributed by atoms with Crippen LogP contribution in [0.15, 0.2) is 25.0 Å². The number of hydrogen-bond acceptors (Lipinski definition) is 5. The van der Waals surface area contributed by atoms with Gasteiger partial charge in [0.15, 0.2) is 0 Å². The molecule has 8 heteroatoms. The van der Waals surface area contributed by atoms with Crippen LogP contribution in [0.3, 0.4) is 0 Å². The van der Waals surface area contributed by atoms with Crippen molar-refractivity contribution in [3.05, 3.63) is 35.2 Å². The summed E-state index contributed by atoms with van der Waals surface area (Å²) >= 11 is 0. The molecule has 0 spiro atoms. The van der Waals surface area contributed by atoms with Crippen molar-refractivity contribution in [2.75, 3.05) is 5.32 Å². The molecule has 0 aliphatic rings. The fourth-order valence-electron chi connectivity index (χ4n) is 1.71. The number of rotatable bonds is 5. The van der Waals surface area contributed by atoms with Crippen LogP contribution in [0.2, 0.25) is 0 Å². The van der Waals surface area contributed by atoms with Gasteiger partial charge in [0.05, 0.1) is 6.33 Å². The largest absolute Gasteiger partial charge is 0.406 e. The Balaban J connectivity index is 2.09. The van der Waals surface area contributed by atoms with Gasteiger partial charge >= 0.3 is 5.82 Å². The van der Waals surface area contributed by atoms with E-state index in [1.165, 1.54) is 6.33 Å². The van der Waals surface area contributed by atoms with E-state index in [4.69, 9.17) is 0 Å². The van der Waals surface area contributed by atoms with Crippen LogP contribution in [0.1, 0.15) is 6.92 Å². The number of hydrogen-bond donors (Lipinski definition) is 1. The fraction of sp³-hybridized carbons (Fsp3) is 0.400. The molecule has 8 nitrogen and oxygen atoms in total. The molecule has 2 rings (SSSR count). The molecule has 0 saturated carbocycles. The molecule has 1 unspecified atom stereocenters. The van der Waals surface area contributed by atoms with Crippen molar-refractivity contribution in [3.63, 3.8) is 0 Å². The van der Waals surface area contributed by atoms with Gasteiger partial charge in [-0.25, -0.2) is 4.98 Å². The highest BCUT2D eigenvalue weighted by Crippen LogP contribution is 2.21. The Morgan fingerprint density at radius 1 is 1.56 bits per heavy atom. The molecule has 0 aliphatic heterocycles. The second-order valence-corrected chi connectivity index (χ2v) is 4.09. The number of aromatic nitrogens is 4. The average Bonchev–Trinajstić information content (AvgIpc) is 2.90. The van der Waals surface area contributed by atoms with Gasteiger partial charge < -0.3 is 20.0 Å². The van der Waals surface area contributed by atoms with Gasteiger partial charge in [0.2, 0.25) is 12.1 Å². The van der Waals surface area contributed by atoms with E-state index in [1.807, 2.05) is 17.7 Å². The minimum atomic E-state index is -0.494. The van der Waals surface area contributed by atoms with Crippen molar-refractivity contribution >= 4 is 11.6 Å². The van der Waals surface area contributed by atoms with E-state index in [1.54, 1.807) is 24.1 Å². The van der Waals surface area contributed by atoms with Crippen LogP contribution in [0.4, 0.5) is 11.6 Å². The van der Waals surface area contributed by atoms with Crippen LogP contribution in [-0.2, 0) is 13.6 Å². The first-order valence-electron chi connectivity index (χ1n) is 5.46.